The largest absolute Gasteiger partial charge is 0.123 e. The number of hydrogen-bond donors (Lipinski definition) is 0. The molecule has 2 rings (SSSR count). The maximum atomic E-state index is 5.93. The fourth-order valence-electron chi connectivity index (χ4n) is 1.75. The molecule has 0 N–H and O–H groups in total. The van der Waals surface area contributed by atoms with Crippen LogP contribution >= 0.6 is 22.9 Å². The van der Waals surface area contributed by atoms with Crippen molar-refractivity contribution in [1.29, 1.82) is 0 Å². The summed E-state index contributed by atoms with van der Waals surface area (Å²) < 4.78 is 0.848. The lowest BCUT2D eigenvalue weighted by atomic mass is 10.0. The van der Waals surface area contributed by atoms with Crippen molar-refractivity contribution in [3.63, 3.8) is 0 Å². The van der Waals surface area contributed by atoms with Crippen LogP contribution in [0.5, 0.6) is 0 Å². The zero-order chi connectivity index (χ0) is 11.5. The van der Waals surface area contributed by atoms with Gasteiger partial charge in [0.25, 0.3) is 0 Å². The first-order chi connectivity index (χ1) is 7.65. The lowest BCUT2D eigenvalue weighted by molar-refractivity contribution is 0.647. The molecular formula is C14H15ClS. The highest BCUT2D eigenvalue weighted by Gasteiger charge is 2.02. The Balaban J connectivity index is 2.19. The first-order valence-corrected chi connectivity index (χ1v) is 6.69. The number of halogens is 1. The molecule has 2 heteroatoms. The maximum absolute atomic E-state index is 5.93. The van der Waals surface area contributed by atoms with Gasteiger partial charge >= 0.3 is 0 Å². The van der Waals surface area contributed by atoms with Crippen molar-refractivity contribution in [2.24, 2.45) is 5.92 Å². The van der Waals surface area contributed by atoms with Gasteiger partial charge in [0.1, 0.15) is 0 Å². The average Bonchev–Trinajstić information content (AvgIpc) is 2.65. The van der Waals surface area contributed by atoms with Gasteiger partial charge in [-0.15, -0.1) is 11.3 Å². The molecular weight excluding hydrogens is 236 g/mol. The van der Waals surface area contributed by atoms with Crippen molar-refractivity contribution in [2.45, 2.75) is 20.3 Å². The van der Waals surface area contributed by atoms with Crippen LogP contribution in [-0.2, 0) is 6.42 Å². The van der Waals surface area contributed by atoms with Crippen molar-refractivity contribution >= 4 is 22.9 Å². The van der Waals surface area contributed by atoms with Crippen LogP contribution < -0.4 is 0 Å². The van der Waals surface area contributed by atoms with Crippen molar-refractivity contribution in [3.05, 3.63) is 46.3 Å². The highest BCUT2D eigenvalue weighted by molar-refractivity contribution is 7.19. The van der Waals surface area contributed by atoms with Gasteiger partial charge in [-0.05, 0) is 35.6 Å². The molecule has 1 heterocycles. The summed E-state index contributed by atoms with van der Waals surface area (Å²) in [6, 6.07) is 12.8. The second kappa shape index (κ2) is 5.03. The van der Waals surface area contributed by atoms with Crippen LogP contribution in [0, 0.1) is 5.92 Å². The van der Waals surface area contributed by atoms with Crippen molar-refractivity contribution < 1.29 is 0 Å². The minimum atomic E-state index is 0.710. The summed E-state index contributed by atoms with van der Waals surface area (Å²) in [5.41, 5.74) is 2.66. The van der Waals surface area contributed by atoms with Gasteiger partial charge in [0.2, 0.25) is 0 Å². The Morgan fingerprint density at radius 1 is 1.06 bits per heavy atom. The summed E-state index contributed by atoms with van der Waals surface area (Å²) >= 11 is 7.55. The Kier molecular flexibility index (Phi) is 3.67. The van der Waals surface area contributed by atoms with Crippen LogP contribution in [-0.4, -0.2) is 0 Å². The van der Waals surface area contributed by atoms with E-state index in [9.17, 15) is 0 Å². The SMILES string of the molecule is CC(C)Cc1ccc(-c2ccc(Cl)s2)cc1. The lowest BCUT2D eigenvalue weighted by Gasteiger charge is -2.05. The van der Waals surface area contributed by atoms with E-state index in [0.717, 1.165) is 10.8 Å². The number of hydrogen-bond acceptors (Lipinski definition) is 1. The van der Waals surface area contributed by atoms with E-state index in [-0.39, 0.29) is 0 Å². The van der Waals surface area contributed by atoms with E-state index in [1.807, 2.05) is 6.07 Å². The molecule has 0 aliphatic rings. The van der Waals surface area contributed by atoms with Crippen LogP contribution in [0.3, 0.4) is 0 Å². The topological polar surface area (TPSA) is 0 Å². The van der Waals surface area contributed by atoms with Gasteiger partial charge in [-0.2, -0.15) is 0 Å². The minimum Gasteiger partial charge on any atom is -0.123 e. The fourth-order valence-corrected chi connectivity index (χ4v) is 2.79. The Bertz CT molecular complexity index is 454. The highest BCUT2D eigenvalue weighted by atomic mass is 35.5. The third-order valence-corrected chi connectivity index (χ3v) is 3.74. The first kappa shape index (κ1) is 11.7. The Hall–Kier alpha value is -0.790. The van der Waals surface area contributed by atoms with E-state index < -0.39 is 0 Å². The molecule has 2 aromatic rings. The first-order valence-electron chi connectivity index (χ1n) is 5.50. The van der Waals surface area contributed by atoms with Gasteiger partial charge in [0.05, 0.1) is 4.34 Å². The molecule has 0 saturated heterocycles. The van der Waals surface area contributed by atoms with Gasteiger partial charge < -0.3 is 0 Å². The lowest BCUT2D eigenvalue weighted by Crippen LogP contribution is -1.93. The predicted octanol–water partition coefficient (Wildman–Crippen LogP) is 5.27. The monoisotopic (exact) mass is 250 g/mol. The summed E-state index contributed by atoms with van der Waals surface area (Å²) in [7, 11) is 0. The fraction of sp³-hybridized carbons (Fsp3) is 0.286. The van der Waals surface area contributed by atoms with Crippen LogP contribution in [0.1, 0.15) is 19.4 Å². The predicted molar refractivity (Wildman–Crippen MR) is 73.3 cm³/mol. The van der Waals surface area contributed by atoms with Crippen LogP contribution in [0.4, 0.5) is 0 Å². The third-order valence-electron chi connectivity index (χ3n) is 2.46. The molecule has 0 aliphatic heterocycles. The van der Waals surface area contributed by atoms with Crippen molar-refractivity contribution in [2.75, 3.05) is 0 Å². The summed E-state index contributed by atoms with van der Waals surface area (Å²) in [5, 5.41) is 0. The van der Waals surface area contributed by atoms with Gasteiger partial charge in [-0.1, -0.05) is 49.7 Å². The molecule has 0 fully saturated rings. The molecule has 0 radical (unpaired) electrons. The van der Waals surface area contributed by atoms with E-state index in [2.05, 4.69) is 44.2 Å². The molecule has 0 bridgehead atoms. The van der Waals surface area contributed by atoms with Gasteiger partial charge in [-0.3, -0.25) is 0 Å². The Morgan fingerprint density at radius 3 is 2.25 bits per heavy atom. The number of rotatable bonds is 3. The molecule has 0 amide bonds. The molecule has 84 valence electrons. The summed E-state index contributed by atoms with van der Waals surface area (Å²) in [4.78, 5) is 1.24. The molecule has 1 aromatic carbocycles. The Morgan fingerprint density at radius 2 is 1.75 bits per heavy atom. The molecule has 16 heavy (non-hydrogen) atoms. The number of benzene rings is 1. The molecule has 0 nitrogen and oxygen atoms in total. The van der Waals surface area contributed by atoms with Crippen molar-refractivity contribution in [1.82, 2.24) is 0 Å². The smallest absolute Gasteiger partial charge is 0.0934 e. The molecule has 0 saturated carbocycles. The van der Waals surface area contributed by atoms with E-state index in [1.54, 1.807) is 11.3 Å². The van der Waals surface area contributed by atoms with E-state index in [4.69, 9.17) is 11.6 Å². The van der Waals surface area contributed by atoms with E-state index in [0.29, 0.717) is 5.92 Å². The normalized spacial score (nSPS) is 11.0. The molecule has 1 aromatic heterocycles. The zero-order valence-corrected chi connectivity index (χ0v) is 11.1. The molecule has 0 unspecified atom stereocenters. The molecule has 0 aliphatic carbocycles. The van der Waals surface area contributed by atoms with Gasteiger partial charge in [-0.25, -0.2) is 0 Å². The summed E-state index contributed by atoms with van der Waals surface area (Å²) in [5.74, 6) is 0.710. The summed E-state index contributed by atoms with van der Waals surface area (Å²) in [6.07, 6.45) is 1.14. The van der Waals surface area contributed by atoms with Gasteiger partial charge in [0.15, 0.2) is 0 Å². The maximum Gasteiger partial charge on any atom is 0.0934 e. The average molecular weight is 251 g/mol. The standard InChI is InChI=1S/C14H15ClS/c1-10(2)9-11-3-5-12(6-4-11)13-7-8-14(15)16-13/h3-8,10H,9H2,1-2H3. The zero-order valence-electron chi connectivity index (χ0n) is 9.53. The molecule has 0 spiro atoms. The van der Waals surface area contributed by atoms with Crippen molar-refractivity contribution in [3.8, 4) is 10.4 Å². The van der Waals surface area contributed by atoms with Crippen LogP contribution in [0.15, 0.2) is 36.4 Å². The number of thiophene rings is 1. The second-order valence-corrected chi connectivity index (χ2v) is 6.11. The van der Waals surface area contributed by atoms with Crippen LogP contribution in [0.2, 0.25) is 4.34 Å². The molecule has 0 atom stereocenters. The summed E-state index contributed by atoms with van der Waals surface area (Å²) in [6.45, 7) is 4.49. The minimum absolute atomic E-state index is 0.710. The quantitative estimate of drug-likeness (QED) is 0.696. The highest BCUT2D eigenvalue weighted by Crippen LogP contribution is 2.31. The van der Waals surface area contributed by atoms with E-state index >= 15 is 0 Å². The van der Waals surface area contributed by atoms with Crippen LogP contribution in [0.25, 0.3) is 10.4 Å². The Labute approximate surface area is 106 Å². The van der Waals surface area contributed by atoms with E-state index in [1.165, 1.54) is 16.0 Å². The second-order valence-electron chi connectivity index (χ2n) is 4.40. The van der Waals surface area contributed by atoms with Gasteiger partial charge in [0, 0.05) is 4.88 Å². The third kappa shape index (κ3) is 2.87.